The van der Waals surface area contributed by atoms with E-state index in [0.717, 1.165) is 0 Å². The first kappa shape index (κ1) is 14.0. The van der Waals surface area contributed by atoms with E-state index in [1.54, 1.807) is 5.56 Å². The molecule has 2 aliphatic carbocycles. The van der Waals surface area contributed by atoms with Crippen LogP contribution in [0.3, 0.4) is 0 Å². The monoisotopic (exact) mass is 339 g/mol. The Labute approximate surface area is 129 Å². The lowest BCUT2D eigenvalue weighted by molar-refractivity contribution is 0.321. The molecule has 0 aromatic heterocycles. The van der Waals surface area contributed by atoms with Crippen LogP contribution in [0.1, 0.15) is 36.8 Å². The van der Waals surface area contributed by atoms with Gasteiger partial charge in [-0.25, -0.2) is 0 Å². The molecule has 1 saturated carbocycles. The zero-order valence-electron chi connectivity index (χ0n) is 11.5. The van der Waals surface area contributed by atoms with E-state index >= 15 is 0 Å². The lowest BCUT2D eigenvalue weighted by atomic mass is 9.83. The molecular weight excluding hydrogens is 318 g/mol. The highest BCUT2D eigenvalue weighted by molar-refractivity contribution is 9.10. The van der Waals surface area contributed by atoms with Gasteiger partial charge in [0.1, 0.15) is 0 Å². The Kier molecular flexibility index (Phi) is 4.25. The topological polar surface area (TPSA) is 12.0 Å². The average molecular weight is 340 g/mol. The summed E-state index contributed by atoms with van der Waals surface area (Å²) < 4.78 is 1.77. The summed E-state index contributed by atoms with van der Waals surface area (Å²) in [4.78, 5) is 0. The van der Waals surface area contributed by atoms with Crippen LogP contribution in [-0.2, 0) is 12.8 Å². The van der Waals surface area contributed by atoms with E-state index in [9.17, 15) is 0 Å². The summed E-state index contributed by atoms with van der Waals surface area (Å²) in [7, 11) is 0. The number of aryl methyl sites for hydroxylation is 1. The maximum absolute atomic E-state index is 3.84. The van der Waals surface area contributed by atoms with Crippen molar-refractivity contribution in [3.05, 3.63) is 33.8 Å². The fraction of sp³-hybridized carbons (Fsp3) is 0.625. The summed E-state index contributed by atoms with van der Waals surface area (Å²) in [5, 5.41) is 3.84. The van der Waals surface area contributed by atoms with Crippen molar-refractivity contribution in [3.8, 4) is 0 Å². The molecule has 0 aliphatic heterocycles. The number of rotatable bonds is 4. The molecule has 0 bridgehead atoms. The maximum atomic E-state index is 3.84. The molecule has 3 heteroatoms. The molecule has 2 aliphatic rings. The number of halogens is 1. The smallest absolute Gasteiger partial charge is 0.0281 e. The van der Waals surface area contributed by atoms with Crippen LogP contribution in [0.4, 0.5) is 0 Å². The normalized spacial score (nSPS) is 24.6. The molecule has 0 radical (unpaired) electrons. The summed E-state index contributed by atoms with van der Waals surface area (Å²) in [6.07, 6.45) is 10.2. The van der Waals surface area contributed by atoms with Crippen molar-refractivity contribution in [1.82, 2.24) is 5.32 Å². The van der Waals surface area contributed by atoms with Gasteiger partial charge in [0, 0.05) is 21.8 Å². The van der Waals surface area contributed by atoms with E-state index < -0.39 is 0 Å². The molecule has 1 unspecified atom stereocenters. The standard InChI is InChI=1S/C16H22BrNS/c1-19-16(7-2-8-16)11-18-15-6-4-12-9-14(17)5-3-13(12)10-15/h3,5,9,15,18H,2,4,6-8,10-11H2,1H3. The molecule has 0 saturated heterocycles. The lowest BCUT2D eigenvalue weighted by Crippen LogP contribution is -2.47. The number of thioether (sulfide) groups is 1. The average Bonchev–Trinajstić information content (AvgIpc) is 2.38. The maximum Gasteiger partial charge on any atom is 0.0281 e. The van der Waals surface area contributed by atoms with Crippen molar-refractivity contribution in [3.63, 3.8) is 0 Å². The molecule has 1 atom stereocenters. The lowest BCUT2D eigenvalue weighted by Gasteiger charge is -2.42. The highest BCUT2D eigenvalue weighted by Gasteiger charge is 2.36. The van der Waals surface area contributed by atoms with Gasteiger partial charge in [0.25, 0.3) is 0 Å². The molecule has 0 spiro atoms. The summed E-state index contributed by atoms with van der Waals surface area (Å²) >= 11 is 5.64. The molecule has 104 valence electrons. The van der Waals surface area contributed by atoms with Crippen LogP contribution in [0.5, 0.6) is 0 Å². The van der Waals surface area contributed by atoms with Crippen LogP contribution in [0.15, 0.2) is 22.7 Å². The Balaban J connectivity index is 1.58. The van der Waals surface area contributed by atoms with Gasteiger partial charge in [0.05, 0.1) is 0 Å². The van der Waals surface area contributed by atoms with Gasteiger partial charge >= 0.3 is 0 Å². The van der Waals surface area contributed by atoms with Crippen LogP contribution in [0.25, 0.3) is 0 Å². The number of hydrogen-bond donors (Lipinski definition) is 1. The van der Waals surface area contributed by atoms with Crippen LogP contribution < -0.4 is 5.32 Å². The van der Waals surface area contributed by atoms with E-state index in [0.29, 0.717) is 10.8 Å². The number of benzene rings is 1. The molecule has 1 aromatic carbocycles. The quantitative estimate of drug-likeness (QED) is 0.882. The predicted molar refractivity (Wildman–Crippen MR) is 88.1 cm³/mol. The number of fused-ring (bicyclic) bond motifs is 1. The zero-order valence-corrected chi connectivity index (χ0v) is 13.9. The first-order valence-electron chi connectivity index (χ1n) is 7.27. The predicted octanol–water partition coefficient (Wildman–Crippen LogP) is 4.18. The summed E-state index contributed by atoms with van der Waals surface area (Å²) in [6.45, 7) is 1.20. The summed E-state index contributed by atoms with van der Waals surface area (Å²) in [6, 6.07) is 7.44. The van der Waals surface area contributed by atoms with E-state index in [2.05, 4.69) is 57.5 Å². The fourth-order valence-corrected chi connectivity index (χ4v) is 4.59. The van der Waals surface area contributed by atoms with Crippen molar-refractivity contribution in [2.24, 2.45) is 0 Å². The first-order valence-corrected chi connectivity index (χ1v) is 9.28. The Morgan fingerprint density at radius 1 is 1.37 bits per heavy atom. The first-order chi connectivity index (χ1) is 9.21. The van der Waals surface area contributed by atoms with E-state index in [4.69, 9.17) is 0 Å². The van der Waals surface area contributed by atoms with Crippen LogP contribution in [0.2, 0.25) is 0 Å². The minimum atomic E-state index is 0.556. The van der Waals surface area contributed by atoms with E-state index in [1.807, 2.05) is 0 Å². The second-order valence-corrected chi connectivity index (χ2v) is 8.16. The van der Waals surface area contributed by atoms with Gasteiger partial charge in [-0.15, -0.1) is 0 Å². The Morgan fingerprint density at radius 3 is 2.89 bits per heavy atom. The largest absolute Gasteiger partial charge is 0.312 e. The van der Waals surface area contributed by atoms with Gasteiger partial charge in [-0.3, -0.25) is 0 Å². The van der Waals surface area contributed by atoms with Crippen LogP contribution in [-0.4, -0.2) is 23.6 Å². The third-order valence-corrected chi connectivity index (χ3v) is 6.72. The Morgan fingerprint density at radius 2 is 2.21 bits per heavy atom. The fourth-order valence-electron chi connectivity index (χ4n) is 3.25. The van der Waals surface area contributed by atoms with Gasteiger partial charge in [-0.1, -0.05) is 28.4 Å². The molecule has 0 amide bonds. The van der Waals surface area contributed by atoms with Crippen molar-refractivity contribution in [1.29, 1.82) is 0 Å². The zero-order chi connectivity index (χ0) is 13.3. The van der Waals surface area contributed by atoms with Gasteiger partial charge in [0.2, 0.25) is 0 Å². The van der Waals surface area contributed by atoms with Gasteiger partial charge in [-0.05, 0) is 61.6 Å². The molecule has 0 heterocycles. The SMILES string of the molecule is CSC1(CNC2CCc3cc(Br)ccc3C2)CCC1. The van der Waals surface area contributed by atoms with Gasteiger partial charge < -0.3 is 5.32 Å². The molecule has 3 rings (SSSR count). The van der Waals surface area contributed by atoms with Crippen molar-refractivity contribution >= 4 is 27.7 Å². The Hall–Kier alpha value is 0.01000. The highest BCUT2D eigenvalue weighted by atomic mass is 79.9. The second kappa shape index (κ2) is 5.79. The highest BCUT2D eigenvalue weighted by Crippen LogP contribution is 2.42. The van der Waals surface area contributed by atoms with Crippen LogP contribution >= 0.6 is 27.7 Å². The minimum absolute atomic E-state index is 0.556. The summed E-state index contributed by atoms with van der Waals surface area (Å²) in [5.41, 5.74) is 3.08. The molecular formula is C16H22BrNS. The Bertz CT molecular complexity index is 451. The number of nitrogens with one attached hydrogen (secondary N) is 1. The third kappa shape index (κ3) is 3.03. The second-order valence-electron chi connectivity index (χ2n) is 5.97. The van der Waals surface area contributed by atoms with E-state index in [1.165, 1.54) is 55.1 Å². The molecule has 1 fully saturated rings. The van der Waals surface area contributed by atoms with Gasteiger partial charge in [0.15, 0.2) is 0 Å². The molecule has 1 nitrogen and oxygen atoms in total. The summed E-state index contributed by atoms with van der Waals surface area (Å²) in [5.74, 6) is 0. The van der Waals surface area contributed by atoms with E-state index in [-0.39, 0.29) is 0 Å². The minimum Gasteiger partial charge on any atom is -0.312 e. The van der Waals surface area contributed by atoms with Crippen molar-refractivity contribution < 1.29 is 0 Å². The van der Waals surface area contributed by atoms with Gasteiger partial charge in [-0.2, -0.15) is 11.8 Å². The molecule has 1 N–H and O–H groups in total. The number of hydrogen-bond acceptors (Lipinski definition) is 2. The van der Waals surface area contributed by atoms with Crippen molar-refractivity contribution in [2.75, 3.05) is 12.8 Å². The molecule has 19 heavy (non-hydrogen) atoms. The van der Waals surface area contributed by atoms with Crippen molar-refractivity contribution in [2.45, 2.75) is 49.3 Å². The van der Waals surface area contributed by atoms with Crippen LogP contribution in [0, 0.1) is 0 Å². The molecule has 1 aromatic rings. The third-order valence-electron chi connectivity index (χ3n) is 4.81.